The van der Waals surface area contributed by atoms with Crippen LogP contribution < -0.4 is 10.6 Å². The molecule has 4 rings (SSSR count). The van der Waals surface area contributed by atoms with Crippen molar-refractivity contribution in [2.75, 3.05) is 19.6 Å². The molecule has 3 aromatic rings. The third kappa shape index (κ3) is 4.66. The number of amides is 2. The summed E-state index contributed by atoms with van der Waals surface area (Å²) >= 11 is 1.56. The van der Waals surface area contributed by atoms with Gasteiger partial charge in [-0.05, 0) is 53.7 Å². The molecule has 150 valence electrons. The van der Waals surface area contributed by atoms with Crippen molar-refractivity contribution in [1.82, 2.24) is 15.5 Å². The molecule has 0 saturated carbocycles. The summed E-state index contributed by atoms with van der Waals surface area (Å²) in [5.74, 6) is -1.16. The molecule has 2 N–H and O–H groups in total. The van der Waals surface area contributed by atoms with Crippen LogP contribution >= 0.6 is 11.3 Å². The molecule has 1 saturated heterocycles. The van der Waals surface area contributed by atoms with Crippen LogP contribution in [0.3, 0.4) is 0 Å². The van der Waals surface area contributed by atoms with Gasteiger partial charge in [-0.2, -0.15) is 0 Å². The maximum Gasteiger partial charge on any atom is 0.309 e. The smallest absolute Gasteiger partial charge is 0.309 e. The number of carbonyl (C=O) groups is 2. The Morgan fingerprint density at radius 1 is 0.931 bits per heavy atom. The fraction of sp³-hybridized carbons (Fsp3) is 0.304. The van der Waals surface area contributed by atoms with Gasteiger partial charge < -0.3 is 10.6 Å². The predicted octanol–water partition coefficient (Wildman–Crippen LogP) is 3.47. The van der Waals surface area contributed by atoms with Crippen molar-refractivity contribution in [2.45, 2.75) is 25.4 Å². The van der Waals surface area contributed by atoms with Gasteiger partial charge in [-0.3, -0.25) is 14.5 Å². The van der Waals surface area contributed by atoms with E-state index in [-0.39, 0.29) is 6.04 Å². The van der Waals surface area contributed by atoms with Crippen molar-refractivity contribution in [3.8, 4) is 0 Å². The lowest BCUT2D eigenvalue weighted by Crippen LogP contribution is -2.43. The number of benzene rings is 2. The quantitative estimate of drug-likeness (QED) is 0.615. The first-order valence-corrected chi connectivity index (χ1v) is 10.9. The zero-order chi connectivity index (χ0) is 20.1. The highest BCUT2D eigenvalue weighted by Gasteiger charge is 2.26. The second kappa shape index (κ2) is 9.20. The Morgan fingerprint density at radius 2 is 1.69 bits per heavy atom. The highest BCUT2D eigenvalue weighted by Crippen LogP contribution is 2.30. The van der Waals surface area contributed by atoms with Gasteiger partial charge in [-0.15, -0.1) is 11.3 Å². The molecule has 2 aromatic carbocycles. The first kappa shape index (κ1) is 19.6. The monoisotopic (exact) mass is 407 g/mol. The van der Waals surface area contributed by atoms with Crippen LogP contribution in [0.4, 0.5) is 0 Å². The van der Waals surface area contributed by atoms with Crippen LogP contribution in [0.15, 0.2) is 60.0 Å². The molecule has 0 aliphatic carbocycles. The van der Waals surface area contributed by atoms with Crippen molar-refractivity contribution in [3.63, 3.8) is 0 Å². The summed E-state index contributed by atoms with van der Waals surface area (Å²) in [5.41, 5.74) is 1.20. The van der Waals surface area contributed by atoms with Crippen LogP contribution in [0, 0.1) is 0 Å². The number of fused-ring (bicyclic) bond motifs is 1. The second-order valence-electron chi connectivity index (χ2n) is 7.30. The maximum absolute atomic E-state index is 12.4. The minimum absolute atomic E-state index is 0.0534. The molecule has 6 heteroatoms. The zero-order valence-electron chi connectivity index (χ0n) is 16.3. The molecule has 29 heavy (non-hydrogen) atoms. The molecule has 1 aromatic heterocycles. The van der Waals surface area contributed by atoms with E-state index in [1.807, 2.05) is 29.6 Å². The number of hydrogen-bond acceptors (Lipinski definition) is 4. The first-order chi connectivity index (χ1) is 14.2. The number of nitrogens with one attached hydrogen (secondary N) is 2. The van der Waals surface area contributed by atoms with Gasteiger partial charge >= 0.3 is 11.8 Å². The molecule has 2 heterocycles. The standard InChI is InChI=1S/C23H25N3O2S/c27-22(24-15-18-9-6-14-29-18)23(28)25-16-21(26-12-3-4-13-26)20-11-5-8-17-7-1-2-10-19(17)20/h1-2,5-11,14,21H,3-4,12-13,15-16H2,(H,24,27)(H,25,28)/t21-/m0/s1. The number of likely N-dealkylation sites (tertiary alicyclic amines) is 1. The SMILES string of the molecule is O=C(NCc1cccs1)C(=O)NC[C@@H](c1cccc2ccccc12)N1CCCC1. The van der Waals surface area contributed by atoms with Crippen LogP contribution in [0.25, 0.3) is 10.8 Å². The van der Waals surface area contributed by atoms with E-state index < -0.39 is 11.8 Å². The number of hydrogen-bond donors (Lipinski definition) is 2. The molecule has 0 spiro atoms. The molecule has 1 aliphatic heterocycles. The Kier molecular flexibility index (Phi) is 6.22. The Labute approximate surface area is 174 Å². The lowest BCUT2D eigenvalue weighted by molar-refractivity contribution is -0.139. The summed E-state index contributed by atoms with van der Waals surface area (Å²) in [5, 5.41) is 9.89. The third-order valence-corrected chi connectivity index (χ3v) is 6.31. The summed E-state index contributed by atoms with van der Waals surface area (Å²) in [6, 6.07) is 18.5. The largest absolute Gasteiger partial charge is 0.346 e. The minimum atomic E-state index is -0.587. The Hall–Kier alpha value is -2.70. The minimum Gasteiger partial charge on any atom is -0.346 e. The normalized spacial score (nSPS) is 15.3. The molecule has 5 nitrogen and oxygen atoms in total. The summed E-state index contributed by atoms with van der Waals surface area (Å²) < 4.78 is 0. The third-order valence-electron chi connectivity index (χ3n) is 5.43. The Morgan fingerprint density at radius 3 is 2.48 bits per heavy atom. The number of nitrogens with zero attached hydrogens (tertiary/aromatic N) is 1. The molecular formula is C23H25N3O2S. The van der Waals surface area contributed by atoms with Gasteiger partial charge in [0.25, 0.3) is 0 Å². The van der Waals surface area contributed by atoms with Gasteiger partial charge in [0.2, 0.25) is 0 Å². The Bertz CT molecular complexity index is 975. The number of thiophene rings is 1. The van der Waals surface area contributed by atoms with E-state index in [1.165, 1.54) is 16.3 Å². The predicted molar refractivity (Wildman–Crippen MR) is 117 cm³/mol. The van der Waals surface area contributed by atoms with E-state index in [4.69, 9.17) is 0 Å². The fourth-order valence-corrected chi connectivity index (χ4v) is 4.61. The summed E-state index contributed by atoms with van der Waals surface area (Å²) in [6.45, 7) is 2.81. The van der Waals surface area contributed by atoms with Gasteiger partial charge in [-0.1, -0.05) is 48.5 Å². The van der Waals surface area contributed by atoms with Crippen LogP contribution in [-0.4, -0.2) is 36.3 Å². The number of rotatable bonds is 6. The molecule has 0 radical (unpaired) electrons. The topological polar surface area (TPSA) is 61.4 Å². The van der Waals surface area contributed by atoms with Crippen molar-refractivity contribution >= 4 is 33.9 Å². The molecule has 1 atom stereocenters. The highest BCUT2D eigenvalue weighted by molar-refractivity contribution is 7.09. The fourth-order valence-electron chi connectivity index (χ4n) is 3.96. The first-order valence-electron chi connectivity index (χ1n) is 10.0. The summed E-state index contributed by atoms with van der Waals surface area (Å²) in [7, 11) is 0. The highest BCUT2D eigenvalue weighted by atomic mass is 32.1. The van der Waals surface area contributed by atoms with Gasteiger partial charge in [0, 0.05) is 11.4 Å². The average molecular weight is 408 g/mol. The van der Waals surface area contributed by atoms with E-state index in [0.29, 0.717) is 13.1 Å². The van der Waals surface area contributed by atoms with Crippen molar-refractivity contribution in [3.05, 3.63) is 70.4 Å². The van der Waals surface area contributed by atoms with E-state index in [1.54, 1.807) is 11.3 Å². The van der Waals surface area contributed by atoms with Crippen molar-refractivity contribution in [1.29, 1.82) is 0 Å². The molecule has 1 aliphatic rings. The van der Waals surface area contributed by atoms with Crippen molar-refractivity contribution < 1.29 is 9.59 Å². The zero-order valence-corrected chi connectivity index (χ0v) is 17.1. The summed E-state index contributed by atoms with van der Waals surface area (Å²) in [6.07, 6.45) is 2.33. The molecule has 0 bridgehead atoms. The molecular weight excluding hydrogens is 382 g/mol. The number of carbonyl (C=O) groups excluding carboxylic acids is 2. The van der Waals surface area contributed by atoms with E-state index >= 15 is 0 Å². The molecule has 0 unspecified atom stereocenters. The van der Waals surface area contributed by atoms with Gasteiger partial charge in [0.05, 0.1) is 12.6 Å². The van der Waals surface area contributed by atoms with Gasteiger partial charge in [0.15, 0.2) is 0 Å². The van der Waals surface area contributed by atoms with Crippen molar-refractivity contribution in [2.24, 2.45) is 0 Å². The van der Waals surface area contributed by atoms with E-state index in [0.717, 1.165) is 30.8 Å². The lowest BCUT2D eigenvalue weighted by Gasteiger charge is -2.29. The molecule has 2 amide bonds. The van der Waals surface area contributed by atoms with Crippen LogP contribution in [0.1, 0.15) is 29.3 Å². The Balaban J connectivity index is 1.46. The molecule has 1 fully saturated rings. The average Bonchev–Trinajstić information content (AvgIpc) is 3.46. The van der Waals surface area contributed by atoms with Crippen LogP contribution in [0.5, 0.6) is 0 Å². The lowest BCUT2D eigenvalue weighted by atomic mass is 9.97. The van der Waals surface area contributed by atoms with Crippen LogP contribution in [0.2, 0.25) is 0 Å². The van der Waals surface area contributed by atoms with Crippen LogP contribution in [-0.2, 0) is 16.1 Å². The maximum atomic E-state index is 12.4. The van der Waals surface area contributed by atoms with Gasteiger partial charge in [-0.25, -0.2) is 0 Å². The summed E-state index contributed by atoms with van der Waals surface area (Å²) in [4.78, 5) is 28.0. The second-order valence-corrected chi connectivity index (χ2v) is 8.33. The van der Waals surface area contributed by atoms with E-state index in [2.05, 4.69) is 45.9 Å². The van der Waals surface area contributed by atoms with E-state index in [9.17, 15) is 9.59 Å². The van der Waals surface area contributed by atoms with Gasteiger partial charge in [0.1, 0.15) is 0 Å².